The van der Waals surface area contributed by atoms with Crippen molar-refractivity contribution in [2.45, 2.75) is 64.1 Å². The van der Waals surface area contributed by atoms with Gasteiger partial charge in [0.25, 0.3) is 5.92 Å². The molecule has 7 heteroatoms. The lowest BCUT2D eigenvalue weighted by molar-refractivity contribution is -0.151. The van der Waals surface area contributed by atoms with Crippen LogP contribution in [0.25, 0.3) is 0 Å². The smallest absolute Gasteiger partial charge is 0.408 e. The van der Waals surface area contributed by atoms with Crippen molar-refractivity contribution in [3.8, 4) is 0 Å². The molecule has 1 aliphatic rings. The van der Waals surface area contributed by atoms with E-state index in [0.717, 1.165) is 0 Å². The zero-order valence-electron chi connectivity index (χ0n) is 13.0. The Bertz CT molecular complexity index is 404. The van der Waals surface area contributed by atoms with Gasteiger partial charge in [-0.3, -0.25) is 0 Å². The quantitative estimate of drug-likeness (QED) is 0.811. The van der Waals surface area contributed by atoms with E-state index in [1.165, 1.54) is 0 Å². The van der Waals surface area contributed by atoms with Gasteiger partial charge >= 0.3 is 6.09 Å². The molecule has 0 bridgehead atoms. The molecule has 0 aromatic rings. The van der Waals surface area contributed by atoms with Crippen LogP contribution < -0.4 is 5.32 Å². The van der Waals surface area contributed by atoms with Gasteiger partial charge in [-0.1, -0.05) is 6.58 Å². The third kappa shape index (κ3) is 5.24. The maximum Gasteiger partial charge on any atom is 0.408 e. The van der Waals surface area contributed by atoms with Crippen LogP contribution in [0.2, 0.25) is 0 Å². The highest BCUT2D eigenvalue weighted by atomic mass is 19.3. The highest BCUT2D eigenvalue weighted by molar-refractivity contribution is 5.68. The number of rotatable bonds is 4. The highest BCUT2D eigenvalue weighted by Crippen LogP contribution is 2.31. The van der Waals surface area contributed by atoms with Gasteiger partial charge in [0.15, 0.2) is 5.79 Å². The standard InChI is InChI=1S/C14H23F2NO4/c1-7-14(15,16)10(9-8-19-13(5,6)20-9)17-11(18)21-12(2,3)4/h7,9-10H,1,8H2,2-6H3,(H,17,18). The van der Waals surface area contributed by atoms with Gasteiger partial charge in [-0.2, -0.15) is 8.78 Å². The van der Waals surface area contributed by atoms with Crippen molar-refractivity contribution in [1.29, 1.82) is 0 Å². The van der Waals surface area contributed by atoms with E-state index in [1.54, 1.807) is 34.6 Å². The van der Waals surface area contributed by atoms with Gasteiger partial charge in [0.05, 0.1) is 6.61 Å². The van der Waals surface area contributed by atoms with Gasteiger partial charge < -0.3 is 19.5 Å². The zero-order chi connectivity index (χ0) is 16.5. The van der Waals surface area contributed by atoms with E-state index in [9.17, 15) is 13.6 Å². The van der Waals surface area contributed by atoms with Crippen LogP contribution in [-0.4, -0.2) is 42.2 Å². The van der Waals surface area contributed by atoms with Gasteiger partial charge in [-0.05, 0) is 40.7 Å². The maximum absolute atomic E-state index is 14.0. The lowest BCUT2D eigenvalue weighted by Crippen LogP contribution is -2.55. The minimum Gasteiger partial charge on any atom is -0.444 e. The summed E-state index contributed by atoms with van der Waals surface area (Å²) >= 11 is 0. The molecule has 0 spiro atoms. The molecule has 122 valence electrons. The first-order chi connectivity index (χ1) is 9.36. The molecule has 5 nitrogen and oxygen atoms in total. The molecule has 21 heavy (non-hydrogen) atoms. The number of halogens is 2. The Kier molecular flexibility index (Phi) is 5.00. The van der Waals surface area contributed by atoms with Crippen molar-refractivity contribution in [2.75, 3.05) is 6.61 Å². The molecule has 1 rings (SSSR count). The molecule has 0 radical (unpaired) electrons. The van der Waals surface area contributed by atoms with E-state index in [0.29, 0.717) is 6.08 Å². The number of hydrogen-bond donors (Lipinski definition) is 1. The Labute approximate surface area is 123 Å². The first-order valence-corrected chi connectivity index (χ1v) is 6.69. The summed E-state index contributed by atoms with van der Waals surface area (Å²) in [5.41, 5.74) is -0.787. The van der Waals surface area contributed by atoms with Crippen molar-refractivity contribution in [2.24, 2.45) is 0 Å². The Hall–Kier alpha value is -1.21. The topological polar surface area (TPSA) is 56.8 Å². The van der Waals surface area contributed by atoms with Crippen LogP contribution in [0.5, 0.6) is 0 Å². The van der Waals surface area contributed by atoms with E-state index in [4.69, 9.17) is 14.2 Å². The molecule has 1 amide bonds. The number of hydrogen-bond acceptors (Lipinski definition) is 4. The lowest BCUT2D eigenvalue weighted by atomic mass is 10.0. The summed E-state index contributed by atoms with van der Waals surface area (Å²) in [5, 5.41) is 2.16. The van der Waals surface area contributed by atoms with Crippen molar-refractivity contribution < 1.29 is 27.8 Å². The lowest BCUT2D eigenvalue weighted by Gasteiger charge is -2.31. The summed E-state index contributed by atoms with van der Waals surface area (Å²) in [6.07, 6.45) is -1.47. The van der Waals surface area contributed by atoms with Crippen LogP contribution in [0.1, 0.15) is 34.6 Å². The largest absolute Gasteiger partial charge is 0.444 e. The normalized spacial score (nSPS) is 23.5. The first kappa shape index (κ1) is 17.8. The molecule has 1 fully saturated rings. The summed E-state index contributed by atoms with van der Waals surface area (Å²) in [5.74, 6) is -4.33. The van der Waals surface area contributed by atoms with E-state index >= 15 is 0 Å². The van der Waals surface area contributed by atoms with Crippen molar-refractivity contribution in [3.05, 3.63) is 12.7 Å². The molecule has 2 unspecified atom stereocenters. The molecule has 1 aliphatic heterocycles. The molecule has 0 aliphatic carbocycles. The average Bonchev–Trinajstić information content (AvgIpc) is 2.63. The maximum atomic E-state index is 14.0. The third-order valence-corrected chi connectivity index (χ3v) is 2.76. The Balaban J connectivity index is 2.85. The third-order valence-electron chi connectivity index (χ3n) is 2.76. The molecule has 1 N–H and O–H groups in total. The highest BCUT2D eigenvalue weighted by Gasteiger charge is 2.49. The number of ether oxygens (including phenoxy) is 3. The van der Waals surface area contributed by atoms with Crippen LogP contribution in [0.3, 0.4) is 0 Å². The molecule has 1 saturated heterocycles. The van der Waals surface area contributed by atoms with Crippen LogP contribution in [0, 0.1) is 0 Å². The summed E-state index contributed by atoms with van der Waals surface area (Å²) in [7, 11) is 0. The second-order valence-electron chi connectivity index (χ2n) is 6.37. The fourth-order valence-corrected chi connectivity index (χ4v) is 1.88. The van der Waals surface area contributed by atoms with Crippen LogP contribution >= 0.6 is 0 Å². The number of carbonyl (C=O) groups is 1. The second-order valence-corrected chi connectivity index (χ2v) is 6.37. The van der Waals surface area contributed by atoms with E-state index in [2.05, 4.69) is 11.9 Å². The van der Waals surface area contributed by atoms with Gasteiger partial charge in [0, 0.05) is 0 Å². The van der Waals surface area contributed by atoms with E-state index < -0.39 is 35.5 Å². The fraction of sp³-hybridized carbons (Fsp3) is 0.786. The molecule has 2 atom stereocenters. The number of amides is 1. The van der Waals surface area contributed by atoms with Gasteiger partial charge in [0.2, 0.25) is 0 Å². The first-order valence-electron chi connectivity index (χ1n) is 6.69. The predicted molar refractivity (Wildman–Crippen MR) is 73.2 cm³/mol. The molecular weight excluding hydrogens is 284 g/mol. The number of alkyl halides is 2. The molecule has 0 aromatic carbocycles. The van der Waals surface area contributed by atoms with Crippen molar-refractivity contribution in [3.63, 3.8) is 0 Å². The predicted octanol–water partition coefficient (Wildman–Crippen LogP) is 2.85. The molecule has 0 saturated carbocycles. The van der Waals surface area contributed by atoms with Gasteiger partial charge in [0.1, 0.15) is 17.7 Å². The number of nitrogens with one attached hydrogen (secondary N) is 1. The minimum atomic E-state index is -3.36. The molecular formula is C14H23F2NO4. The van der Waals surface area contributed by atoms with E-state index in [-0.39, 0.29) is 6.61 Å². The Morgan fingerprint density at radius 2 is 2.05 bits per heavy atom. The van der Waals surface area contributed by atoms with Crippen molar-refractivity contribution in [1.82, 2.24) is 5.32 Å². The second kappa shape index (κ2) is 5.88. The Morgan fingerprint density at radius 1 is 1.48 bits per heavy atom. The molecule has 0 aromatic heterocycles. The molecule has 1 heterocycles. The average molecular weight is 307 g/mol. The van der Waals surface area contributed by atoms with Crippen LogP contribution in [0.4, 0.5) is 13.6 Å². The van der Waals surface area contributed by atoms with E-state index in [1.807, 2.05) is 0 Å². The number of alkyl carbamates (subject to hydrolysis) is 1. The van der Waals surface area contributed by atoms with Crippen molar-refractivity contribution >= 4 is 6.09 Å². The number of carbonyl (C=O) groups excluding carboxylic acids is 1. The van der Waals surface area contributed by atoms with Crippen LogP contribution in [-0.2, 0) is 14.2 Å². The summed E-state index contributed by atoms with van der Waals surface area (Å²) in [6, 6.07) is -1.62. The fourth-order valence-electron chi connectivity index (χ4n) is 1.88. The van der Waals surface area contributed by atoms with Gasteiger partial charge in [-0.25, -0.2) is 4.79 Å². The zero-order valence-corrected chi connectivity index (χ0v) is 13.0. The monoisotopic (exact) mass is 307 g/mol. The Morgan fingerprint density at radius 3 is 2.43 bits per heavy atom. The summed E-state index contributed by atoms with van der Waals surface area (Å²) < 4.78 is 43.7. The summed E-state index contributed by atoms with van der Waals surface area (Å²) in [4.78, 5) is 11.8. The van der Waals surface area contributed by atoms with Gasteiger partial charge in [-0.15, -0.1) is 0 Å². The SMILES string of the molecule is C=CC(F)(F)C(NC(=O)OC(C)(C)C)C1COC(C)(C)O1. The minimum absolute atomic E-state index is 0.0586. The summed E-state index contributed by atoms with van der Waals surface area (Å²) in [6.45, 7) is 11.2. The van der Waals surface area contributed by atoms with Crippen LogP contribution in [0.15, 0.2) is 12.7 Å².